The van der Waals surface area contributed by atoms with E-state index in [1.165, 1.54) is 0 Å². The molecule has 1 aromatic heterocycles. The summed E-state index contributed by atoms with van der Waals surface area (Å²) in [6.07, 6.45) is -2.28. The van der Waals surface area contributed by atoms with E-state index in [-0.39, 0.29) is 5.69 Å². The quantitative estimate of drug-likeness (QED) is 0.780. The first-order valence-corrected chi connectivity index (χ1v) is 6.21. The Morgan fingerprint density at radius 2 is 1.94 bits per heavy atom. The molecule has 7 heteroatoms. The van der Waals surface area contributed by atoms with Crippen LogP contribution in [0.1, 0.15) is 32.0 Å². The monoisotopic (exact) mass is 278 g/mol. The van der Waals surface area contributed by atoms with Gasteiger partial charge in [0.25, 0.3) is 0 Å². The summed E-state index contributed by atoms with van der Waals surface area (Å²) in [7, 11) is -1.52. The van der Waals surface area contributed by atoms with Gasteiger partial charge >= 0.3 is 6.18 Å². The van der Waals surface area contributed by atoms with Crippen molar-refractivity contribution in [3.05, 3.63) is 29.6 Å². The summed E-state index contributed by atoms with van der Waals surface area (Å²) in [6, 6.07) is 1.74. The minimum absolute atomic E-state index is 0.0300. The highest BCUT2D eigenvalue weighted by Crippen LogP contribution is 2.28. The minimum Gasteiger partial charge on any atom is -0.255 e. The molecule has 100 valence electrons. The maximum atomic E-state index is 12.4. The van der Waals surface area contributed by atoms with Crippen molar-refractivity contribution in [3.63, 3.8) is 0 Å². The van der Waals surface area contributed by atoms with Crippen LogP contribution in [0.25, 0.3) is 0 Å². The fourth-order valence-corrected chi connectivity index (χ4v) is 1.48. The molecule has 0 spiro atoms. The lowest BCUT2D eigenvalue weighted by Gasteiger charge is -2.12. The largest absolute Gasteiger partial charge is 0.416 e. The van der Waals surface area contributed by atoms with Crippen molar-refractivity contribution in [2.75, 3.05) is 0 Å². The van der Waals surface area contributed by atoms with E-state index in [1.54, 1.807) is 20.8 Å². The fraction of sp³-hybridized carbons (Fsp3) is 0.455. The lowest BCUT2D eigenvalue weighted by atomic mass is 10.2. The highest BCUT2D eigenvalue weighted by molar-refractivity contribution is 7.85. The van der Waals surface area contributed by atoms with Gasteiger partial charge in [-0.2, -0.15) is 17.6 Å². The third kappa shape index (κ3) is 4.21. The summed E-state index contributed by atoms with van der Waals surface area (Å²) in [4.78, 5) is 3.72. The maximum Gasteiger partial charge on any atom is 0.416 e. The fourth-order valence-electron chi connectivity index (χ4n) is 0.955. The molecule has 0 radical (unpaired) electrons. The molecule has 0 unspecified atom stereocenters. The molecular weight excluding hydrogens is 265 g/mol. The molecule has 1 heterocycles. The van der Waals surface area contributed by atoms with Gasteiger partial charge in [-0.15, -0.1) is 0 Å². The van der Waals surface area contributed by atoms with Gasteiger partial charge in [0.1, 0.15) is 11.0 Å². The van der Waals surface area contributed by atoms with E-state index in [1.807, 2.05) is 0 Å². The average molecular weight is 278 g/mol. The molecule has 0 fully saturated rings. The van der Waals surface area contributed by atoms with Crippen LogP contribution in [-0.4, -0.2) is 20.2 Å². The van der Waals surface area contributed by atoms with Gasteiger partial charge in [0, 0.05) is 6.20 Å². The number of hydrogen-bond acceptors (Lipinski definition) is 2. The lowest BCUT2D eigenvalue weighted by molar-refractivity contribution is -0.137. The van der Waals surface area contributed by atoms with Crippen molar-refractivity contribution >= 4 is 17.2 Å². The summed E-state index contributed by atoms with van der Waals surface area (Å²) in [6.45, 7) is 5.17. The van der Waals surface area contributed by atoms with Gasteiger partial charge in [-0.25, -0.2) is 4.21 Å². The van der Waals surface area contributed by atoms with Crippen molar-refractivity contribution < 1.29 is 17.4 Å². The number of aromatic nitrogens is 1. The number of halogens is 3. The van der Waals surface area contributed by atoms with E-state index >= 15 is 0 Å². The van der Waals surface area contributed by atoms with E-state index < -0.39 is 27.5 Å². The Hall–Kier alpha value is -1.24. The van der Waals surface area contributed by atoms with Crippen LogP contribution in [0.4, 0.5) is 13.2 Å². The van der Waals surface area contributed by atoms with Crippen LogP contribution >= 0.6 is 0 Å². The normalized spacial score (nSPS) is 15.0. The van der Waals surface area contributed by atoms with Crippen molar-refractivity contribution in [1.29, 1.82) is 0 Å². The molecule has 1 aromatic rings. The van der Waals surface area contributed by atoms with Crippen LogP contribution in [0.3, 0.4) is 0 Å². The van der Waals surface area contributed by atoms with E-state index in [2.05, 4.69) is 9.38 Å². The second kappa shape index (κ2) is 5.17. The van der Waals surface area contributed by atoms with Crippen LogP contribution in [0.5, 0.6) is 0 Å². The predicted octanol–water partition coefficient (Wildman–Crippen LogP) is 2.98. The molecule has 3 nitrogen and oxygen atoms in total. The summed E-state index contributed by atoms with van der Waals surface area (Å²) < 4.78 is 52.0. The standard InChI is InChI=1S/C11H13F3N2OS/c1-10(2,3)18(17)16-7-9-6-8(4-5-15-9)11(12,13)14/h4-7H,1-3H3/t18-/m1/s1. The van der Waals surface area contributed by atoms with Crippen molar-refractivity contribution in [2.45, 2.75) is 31.7 Å². The number of nitrogens with zero attached hydrogens (tertiary/aromatic N) is 2. The molecule has 1 atom stereocenters. The molecule has 0 aliphatic heterocycles. The third-order valence-electron chi connectivity index (χ3n) is 1.91. The first-order valence-electron chi connectivity index (χ1n) is 5.10. The molecule has 0 bridgehead atoms. The molecule has 18 heavy (non-hydrogen) atoms. The van der Waals surface area contributed by atoms with Gasteiger partial charge in [-0.3, -0.25) is 4.98 Å². The van der Waals surface area contributed by atoms with Gasteiger partial charge in [-0.1, -0.05) is 0 Å². The predicted molar refractivity (Wildman–Crippen MR) is 64.7 cm³/mol. The molecular formula is C11H13F3N2OS. The van der Waals surface area contributed by atoms with Crippen LogP contribution in [0, 0.1) is 0 Å². The van der Waals surface area contributed by atoms with Crippen LogP contribution in [0.15, 0.2) is 22.7 Å². The first-order chi connectivity index (χ1) is 8.10. The lowest BCUT2D eigenvalue weighted by Crippen LogP contribution is -2.19. The Kier molecular flexibility index (Phi) is 4.26. The van der Waals surface area contributed by atoms with Gasteiger partial charge in [0.15, 0.2) is 0 Å². The van der Waals surface area contributed by atoms with E-state index in [9.17, 15) is 17.4 Å². The first kappa shape index (κ1) is 14.8. The Morgan fingerprint density at radius 3 is 2.44 bits per heavy atom. The second-order valence-corrected chi connectivity index (χ2v) is 6.50. The van der Waals surface area contributed by atoms with E-state index in [0.29, 0.717) is 0 Å². The van der Waals surface area contributed by atoms with Crippen LogP contribution < -0.4 is 0 Å². The topological polar surface area (TPSA) is 42.3 Å². The van der Waals surface area contributed by atoms with Gasteiger partial charge in [0.05, 0.1) is 22.2 Å². The van der Waals surface area contributed by atoms with Gasteiger partial charge in [0.2, 0.25) is 0 Å². The van der Waals surface area contributed by atoms with Crippen molar-refractivity contribution in [1.82, 2.24) is 4.98 Å². The maximum absolute atomic E-state index is 12.4. The number of pyridine rings is 1. The molecule has 1 rings (SSSR count). The summed E-state index contributed by atoms with van der Waals surface area (Å²) >= 11 is 0. The molecule has 0 amide bonds. The van der Waals surface area contributed by atoms with Gasteiger partial charge < -0.3 is 0 Å². The minimum atomic E-state index is -4.42. The summed E-state index contributed by atoms with van der Waals surface area (Å²) in [5, 5.41) is 0. The highest BCUT2D eigenvalue weighted by atomic mass is 32.2. The molecule has 0 saturated heterocycles. The Bertz CT molecular complexity index is 478. The zero-order chi connectivity index (χ0) is 14.0. The molecule has 0 aliphatic carbocycles. The van der Waals surface area contributed by atoms with Crippen LogP contribution in [0.2, 0.25) is 0 Å². The molecule has 0 N–H and O–H groups in total. The SMILES string of the molecule is CC(C)(C)[S@@](=O)N=Cc1cc(C(F)(F)F)ccn1. The van der Waals surface area contributed by atoms with E-state index in [0.717, 1.165) is 24.5 Å². The number of rotatable bonds is 2. The van der Waals surface area contributed by atoms with Gasteiger partial charge in [-0.05, 0) is 32.9 Å². The Morgan fingerprint density at radius 1 is 1.33 bits per heavy atom. The number of alkyl halides is 3. The average Bonchev–Trinajstić information content (AvgIpc) is 2.23. The molecule has 0 saturated carbocycles. The Labute approximate surface area is 106 Å². The third-order valence-corrected chi connectivity index (χ3v) is 3.26. The Balaban J connectivity index is 2.93. The molecule has 0 aromatic carbocycles. The van der Waals surface area contributed by atoms with Crippen molar-refractivity contribution in [2.24, 2.45) is 4.40 Å². The molecule has 0 aliphatic rings. The van der Waals surface area contributed by atoms with Crippen molar-refractivity contribution in [3.8, 4) is 0 Å². The zero-order valence-corrected chi connectivity index (χ0v) is 11.0. The summed E-state index contributed by atoms with van der Waals surface area (Å²) in [5.41, 5.74) is -0.775. The zero-order valence-electron chi connectivity index (χ0n) is 10.2. The number of hydrogen-bond donors (Lipinski definition) is 0. The van der Waals surface area contributed by atoms with Crippen LogP contribution in [-0.2, 0) is 17.2 Å². The smallest absolute Gasteiger partial charge is 0.255 e. The summed E-state index contributed by atoms with van der Waals surface area (Å²) in [5.74, 6) is 0. The highest BCUT2D eigenvalue weighted by Gasteiger charge is 2.30. The van der Waals surface area contributed by atoms with E-state index in [4.69, 9.17) is 0 Å². The second-order valence-electron chi connectivity index (χ2n) is 4.56.